The Kier molecular flexibility index (Phi) is 4.75. The molecule has 0 spiro atoms. The molecule has 0 fully saturated rings. The van der Waals surface area contributed by atoms with Crippen molar-refractivity contribution in [3.05, 3.63) is 59.7 Å². The van der Waals surface area contributed by atoms with Crippen molar-refractivity contribution in [1.82, 2.24) is 0 Å². The number of nitrogen functional groups attached to an aromatic ring is 1. The summed E-state index contributed by atoms with van der Waals surface area (Å²) in [4.78, 5) is 25.0. The molecule has 0 aliphatic heterocycles. The second-order valence-corrected chi connectivity index (χ2v) is 4.75. The average Bonchev–Trinajstić information content (AvgIpc) is 2.53. The van der Waals surface area contributed by atoms with Crippen LogP contribution in [-0.4, -0.2) is 23.5 Å². The van der Waals surface area contributed by atoms with Crippen molar-refractivity contribution in [2.75, 3.05) is 17.2 Å². The molecule has 2 aromatic rings. The maximum absolute atomic E-state index is 12.7. The lowest BCUT2D eigenvalue weighted by atomic mass is 10.1. The van der Waals surface area contributed by atoms with Crippen LogP contribution < -0.4 is 16.4 Å². The highest BCUT2D eigenvalue weighted by molar-refractivity contribution is 6.11. The third-order valence-electron chi connectivity index (χ3n) is 3.19. The predicted molar refractivity (Wildman–Crippen MR) is 84.5 cm³/mol. The van der Waals surface area contributed by atoms with E-state index >= 15 is 0 Å². The number of anilines is 2. The molecule has 2 aromatic carbocycles. The Morgan fingerprint density at radius 2 is 1.77 bits per heavy atom. The van der Waals surface area contributed by atoms with Crippen LogP contribution in [0.25, 0.3) is 0 Å². The van der Waals surface area contributed by atoms with Gasteiger partial charge >= 0.3 is 5.97 Å². The monoisotopic (exact) mass is 299 g/mol. The lowest BCUT2D eigenvalue weighted by molar-refractivity contribution is -0.135. The second-order valence-electron chi connectivity index (χ2n) is 4.75. The van der Waals surface area contributed by atoms with Gasteiger partial charge in [0.1, 0.15) is 6.54 Å². The number of rotatable bonds is 5. The van der Waals surface area contributed by atoms with E-state index in [1.807, 2.05) is 0 Å². The van der Waals surface area contributed by atoms with Gasteiger partial charge in [-0.2, -0.15) is 0 Å². The highest BCUT2D eigenvalue weighted by atomic mass is 16.4. The third-order valence-corrected chi connectivity index (χ3v) is 3.19. The molecule has 0 aromatic heterocycles. The predicted octanol–water partition coefficient (Wildman–Crippen LogP) is 1.46. The fourth-order valence-electron chi connectivity index (χ4n) is 2.08. The van der Waals surface area contributed by atoms with Gasteiger partial charge in [0.05, 0.1) is 5.56 Å². The minimum Gasteiger partial charge on any atom is -0.480 e. The van der Waals surface area contributed by atoms with Crippen molar-refractivity contribution < 1.29 is 14.7 Å². The Morgan fingerprint density at radius 3 is 2.36 bits per heavy atom. The molecule has 0 unspecified atom stereocenters. The molecule has 0 saturated heterocycles. The molecule has 1 amide bonds. The van der Waals surface area contributed by atoms with Crippen molar-refractivity contribution >= 4 is 23.3 Å². The molecule has 6 heteroatoms. The van der Waals surface area contributed by atoms with Gasteiger partial charge in [-0.05, 0) is 29.8 Å². The minimum atomic E-state index is -1.11. The summed E-state index contributed by atoms with van der Waals surface area (Å²) in [7, 11) is 0. The standard InChI is InChI=1S/C16H17N3O3/c17-9-11-6-7-14(18)13(8-11)16(22)19(10-15(20)21)12-4-2-1-3-5-12/h1-8H,9-10,17-18H2,(H,20,21). The fourth-order valence-corrected chi connectivity index (χ4v) is 2.08. The molecule has 0 aliphatic carbocycles. The summed E-state index contributed by atoms with van der Waals surface area (Å²) in [6, 6.07) is 13.5. The van der Waals surface area contributed by atoms with Gasteiger partial charge in [-0.25, -0.2) is 0 Å². The molecule has 2 rings (SSSR count). The average molecular weight is 299 g/mol. The molecule has 0 bridgehead atoms. The molecule has 6 nitrogen and oxygen atoms in total. The Hall–Kier alpha value is -2.86. The van der Waals surface area contributed by atoms with Crippen molar-refractivity contribution in [3.63, 3.8) is 0 Å². The zero-order valence-corrected chi connectivity index (χ0v) is 11.9. The molecule has 22 heavy (non-hydrogen) atoms. The number of para-hydroxylation sites is 1. The molecular weight excluding hydrogens is 282 g/mol. The quantitative estimate of drug-likeness (QED) is 0.724. The summed E-state index contributed by atoms with van der Waals surface area (Å²) < 4.78 is 0. The van der Waals surface area contributed by atoms with Gasteiger partial charge in [0.15, 0.2) is 0 Å². The molecule has 114 valence electrons. The lowest BCUT2D eigenvalue weighted by Crippen LogP contribution is -2.36. The first kappa shape index (κ1) is 15.5. The van der Waals surface area contributed by atoms with Crippen LogP contribution in [0.2, 0.25) is 0 Å². The van der Waals surface area contributed by atoms with Crippen molar-refractivity contribution in [1.29, 1.82) is 0 Å². The van der Waals surface area contributed by atoms with E-state index in [4.69, 9.17) is 16.6 Å². The normalized spacial score (nSPS) is 10.2. The Labute approximate surface area is 128 Å². The lowest BCUT2D eigenvalue weighted by Gasteiger charge is -2.22. The Morgan fingerprint density at radius 1 is 1.09 bits per heavy atom. The summed E-state index contributed by atoms with van der Waals surface area (Å²) in [6.45, 7) is -0.181. The first-order chi connectivity index (χ1) is 10.5. The number of aliphatic carboxylic acids is 1. The number of carbonyl (C=O) groups is 2. The summed E-state index contributed by atoms with van der Waals surface area (Å²) >= 11 is 0. The van der Waals surface area contributed by atoms with Gasteiger partial charge in [0.2, 0.25) is 0 Å². The van der Waals surface area contributed by atoms with Crippen LogP contribution in [0.1, 0.15) is 15.9 Å². The topological polar surface area (TPSA) is 110 Å². The number of amides is 1. The Bertz CT molecular complexity index is 686. The molecular formula is C16H17N3O3. The molecule has 0 heterocycles. The van der Waals surface area contributed by atoms with E-state index in [1.165, 1.54) is 4.90 Å². The summed E-state index contributed by atoms with van der Waals surface area (Å²) in [5.74, 6) is -1.58. The van der Waals surface area contributed by atoms with Crippen LogP contribution in [0.3, 0.4) is 0 Å². The summed E-state index contributed by atoms with van der Waals surface area (Å²) in [5, 5.41) is 9.07. The van der Waals surface area contributed by atoms with Gasteiger partial charge < -0.3 is 16.6 Å². The van der Waals surface area contributed by atoms with Crippen LogP contribution in [0.4, 0.5) is 11.4 Å². The molecule has 0 atom stereocenters. The van der Waals surface area contributed by atoms with Gasteiger partial charge in [0, 0.05) is 17.9 Å². The molecule has 0 saturated carbocycles. The van der Waals surface area contributed by atoms with E-state index < -0.39 is 18.4 Å². The number of nitrogens with zero attached hydrogens (tertiary/aromatic N) is 1. The van der Waals surface area contributed by atoms with Crippen LogP contribution in [0.5, 0.6) is 0 Å². The van der Waals surface area contributed by atoms with E-state index in [1.54, 1.807) is 48.5 Å². The van der Waals surface area contributed by atoms with E-state index in [-0.39, 0.29) is 17.8 Å². The van der Waals surface area contributed by atoms with E-state index in [2.05, 4.69) is 0 Å². The van der Waals surface area contributed by atoms with Gasteiger partial charge in [-0.15, -0.1) is 0 Å². The largest absolute Gasteiger partial charge is 0.480 e. The van der Waals surface area contributed by atoms with Gasteiger partial charge in [0.25, 0.3) is 5.91 Å². The van der Waals surface area contributed by atoms with E-state index in [0.29, 0.717) is 5.69 Å². The van der Waals surface area contributed by atoms with Crippen molar-refractivity contribution in [2.45, 2.75) is 6.54 Å². The van der Waals surface area contributed by atoms with Gasteiger partial charge in [-0.3, -0.25) is 14.5 Å². The SMILES string of the molecule is NCc1ccc(N)c(C(=O)N(CC(=O)O)c2ccccc2)c1. The minimum absolute atomic E-state index is 0.244. The van der Waals surface area contributed by atoms with Crippen LogP contribution >= 0.6 is 0 Å². The number of carboxylic acid groups (broad SMARTS) is 1. The van der Waals surface area contributed by atoms with E-state index in [9.17, 15) is 9.59 Å². The van der Waals surface area contributed by atoms with Crippen molar-refractivity contribution in [2.24, 2.45) is 5.73 Å². The maximum atomic E-state index is 12.7. The second kappa shape index (κ2) is 6.73. The third kappa shape index (κ3) is 3.42. The highest BCUT2D eigenvalue weighted by Gasteiger charge is 2.22. The first-order valence-corrected chi connectivity index (χ1v) is 6.70. The smallest absolute Gasteiger partial charge is 0.323 e. The summed E-state index contributed by atoms with van der Waals surface area (Å²) in [6.07, 6.45) is 0. The number of carboxylic acids is 1. The van der Waals surface area contributed by atoms with Crippen LogP contribution in [0, 0.1) is 0 Å². The number of hydrogen-bond donors (Lipinski definition) is 3. The number of carbonyl (C=O) groups excluding carboxylic acids is 1. The zero-order chi connectivity index (χ0) is 16.1. The maximum Gasteiger partial charge on any atom is 0.323 e. The number of nitrogens with two attached hydrogens (primary N) is 2. The van der Waals surface area contributed by atoms with Crippen LogP contribution in [-0.2, 0) is 11.3 Å². The molecule has 5 N–H and O–H groups in total. The summed E-state index contributed by atoms with van der Waals surface area (Å²) in [5.41, 5.74) is 13.2. The zero-order valence-electron chi connectivity index (χ0n) is 11.9. The molecule has 0 aliphatic rings. The molecule has 0 radical (unpaired) electrons. The number of benzene rings is 2. The first-order valence-electron chi connectivity index (χ1n) is 6.70. The van der Waals surface area contributed by atoms with E-state index in [0.717, 1.165) is 5.56 Å². The van der Waals surface area contributed by atoms with Crippen molar-refractivity contribution in [3.8, 4) is 0 Å². The van der Waals surface area contributed by atoms with Gasteiger partial charge in [-0.1, -0.05) is 24.3 Å². The van der Waals surface area contributed by atoms with Crippen LogP contribution in [0.15, 0.2) is 48.5 Å². The fraction of sp³-hybridized carbons (Fsp3) is 0.125. The highest BCUT2D eigenvalue weighted by Crippen LogP contribution is 2.21. The Balaban J connectivity index is 2.43. The number of hydrogen-bond acceptors (Lipinski definition) is 4.